The van der Waals surface area contributed by atoms with Gasteiger partial charge in [-0.25, -0.2) is 0 Å². The van der Waals surface area contributed by atoms with E-state index in [-0.39, 0.29) is 42.0 Å². The monoisotopic (exact) mass is 342 g/mol. The summed E-state index contributed by atoms with van der Waals surface area (Å²) in [7, 11) is 0. The summed E-state index contributed by atoms with van der Waals surface area (Å²) in [6.07, 6.45) is 1.87. The first-order chi connectivity index (χ1) is 12.0. The van der Waals surface area contributed by atoms with Gasteiger partial charge in [0.2, 0.25) is 11.8 Å². The molecule has 1 unspecified atom stereocenters. The summed E-state index contributed by atoms with van der Waals surface area (Å²) in [5, 5.41) is 5.46. The zero-order valence-corrected chi connectivity index (χ0v) is 13.5. The van der Waals surface area contributed by atoms with Crippen LogP contribution in [0.15, 0.2) is 18.2 Å². The van der Waals surface area contributed by atoms with Gasteiger partial charge in [-0.1, -0.05) is 6.07 Å². The fourth-order valence-corrected chi connectivity index (χ4v) is 3.63. The van der Waals surface area contributed by atoms with E-state index in [0.717, 1.165) is 17.7 Å². The maximum atomic E-state index is 12.9. The van der Waals surface area contributed by atoms with Gasteiger partial charge >= 0.3 is 0 Å². The number of nitrogens with one attached hydrogen (secondary N) is 2. The predicted molar refractivity (Wildman–Crippen MR) is 87.7 cm³/mol. The van der Waals surface area contributed by atoms with Gasteiger partial charge in [0.05, 0.1) is 11.1 Å². The predicted octanol–water partition coefficient (Wildman–Crippen LogP) is -0.0106. The maximum Gasteiger partial charge on any atom is 0.264 e. The molecule has 0 bridgehead atoms. The van der Waals surface area contributed by atoms with Crippen molar-refractivity contribution in [3.8, 4) is 0 Å². The third-order valence-electron chi connectivity index (χ3n) is 5.00. The summed E-state index contributed by atoms with van der Waals surface area (Å²) in [5.74, 6) is -1.99. The van der Waals surface area contributed by atoms with Crippen molar-refractivity contribution >= 4 is 29.3 Å². The highest BCUT2D eigenvalue weighted by Gasteiger charge is 2.45. The minimum absolute atomic E-state index is 0.106. The van der Waals surface area contributed by atoms with E-state index in [9.17, 15) is 19.2 Å². The van der Waals surface area contributed by atoms with Crippen LogP contribution in [0.3, 0.4) is 0 Å². The van der Waals surface area contributed by atoms with Crippen molar-refractivity contribution in [1.82, 2.24) is 10.2 Å². The Hall–Kier alpha value is -2.74. The highest BCUT2D eigenvalue weighted by atomic mass is 16.2. The normalized spacial score (nSPS) is 28.5. The van der Waals surface area contributed by atoms with Crippen LogP contribution >= 0.6 is 0 Å². The lowest BCUT2D eigenvalue weighted by atomic mass is 9.87. The van der Waals surface area contributed by atoms with Crippen LogP contribution in [-0.4, -0.2) is 46.7 Å². The van der Waals surface area contributed by atoms with Gasteiger partial charge in [-0.3, -0.25) is 29.4 Å². The van der Waals surface area contributed by atoms with Crippen LogP contribution in [0, 0.1) is 0 Å². The minimum Gasteiger partial charge on any atom is -0.382 e. The SMILES string of the molecule is NC1CC(Nc2cccc3c2C(=O)N(C2CCC(=O)NC2=O)C3=O)C1. The number of piperidine rings is 1. The Morgan fingerprint density at radius 1 is 1.12 bits per heavy atom. The zero-order valence-electron chi connectivity index (χ0n) is 13.5. The lowest BCUT2D eigenvalue weighted by Gasteiger charge is -2.34. The van der Waals surface area contributed by atoms with Gasteiger partial charge in [-0.05, 0) is 31.4 Å². The number of nitrogens with zero attached hydrogens (tertiary/aromatic N) is 1. The van der Waals surface area contributed by atoms with E-state index in [1.807, 2.05) is 0 Å². The Morgan fingerprint density at radius 2 is 1.88 bits per heavy atom. The number of hydrogen-bond acceptors (Lipinski definition) is 6. The van der Waals surface area contributed by atoms with Crippen LogP contribution in [0.5, 0.6) is 0 Å². The van der Waals surface area contributed by atoms with E-state index in [2.05, 4.69) is 10.6 Å². The molecule has 1 saturated carbocycles. The highest BCUT2D eigenvalue weighted by Crippen LogP contribution is 2.34. The van der Waals surface area contributed by atoms with Gasteiger partial charge in [0.1, 0.15) is 6.04 Å². The topological polar surface area (TPSA) is 122 Å². The number of carbonyl (C=O) groups excluding carboxylic acids is 4. The number of rotatable bonds is 3. The average molecular weight is 342 g/mol. The summed E-state index contributed by atoms with van der Waals surface area (Å²) in [4.78, 5) is 50.0. The number of fused-ring (bicyclic) bond motifs is 1. The third-order valence-corrected chi connectivity index (χ3v) is 5.00. The Kier molecular flexibility index (Phi) is 3.57. The Morgan fingerprint density at radius 3 is 2.56 bits per heavy atom. The van der Waals surface area contributed by atoms with Gasteiger partial charge < -0.3 is 11.1 Å². The number of benzene rings is 1. The molecule has 1 aromatic carbocycles. The average Bonchev–Trinajstić information content (AvgIpc) is 2.79. The molecule has 1 atom stereocenters. The number of amides is 4. The van der Waals surface area contributed by atoms with Crippen molar-refractivity contribution in [3.05, 3.63) is 29.3 Å². The van der Waals surface area contributed by atoms with Gasteiger partial charge in [-0.2, -0.15) is 0 Å². The first-order valence-corrected chi connectivity index (χ1v) is 8.32. The summed E-state index contributed by atoms with van der Waals surface area (Å²) < 4.78 is 0. The summed E-state index contributed by atoms with van der Waals surface area (Å²) in [6, 6.07) is 4.43. The molecule has 1 saturated heterocycles. The van der Waals surface area contributed by atoms with Crippen molar-refractivity contribution < 1.29 is 19.2 Å². The second-order valence-electron chi connectivity index (χ2n) is 6.75. The van der Waals surface area contributed by atoms with Crippen molar-refractivity contribution in [2.24, 2.45) is 5.73 Å². The summed E-state index contributed by atoms with van der Waals surface area (Å²) >= 11 is 0. The maximum absolute atomic E-state index is 12.9. The molecular weight excluding hydrogens is 324 g/mol. The molecule has 8 heteroatoms. The van der Waals surface area contributed by atoms with Crippen LogP contribution in [0.4, 0.5) is 5.69 Å². The van der Waals surface area contributed by atoms with Gasteiger partial charge in [0.25, 0.3) is 11.8 Å². The molecule has 0 spiro atoms. The molecule has 2 fully saturated rings. The number of imide groups is 2. The Labute approximate surface area is 143 Å². The lowest BCUT2D eigenvalue weighted by Crippen LogP contribution is -2.54. The second kappa shape index (κ2) is 5.66. The highest BCUT2D eigenvalue weighted by molar-refractivity contribution is 6.25. The molecule has 4 N–H and O–H groups in total. The van der Waals surface area contributed by atoms with Gasteiger partial charge in [0, 0.05) is 24.2 Å². The molecule has 0 aromatic heterocycles. The second-order valence-corrected chi connectivity index (χ2v) is 6.75. The number of nitrogens with two attached hydrogens (primary N) is 1. The van der Waals surface area contributed by atoms with E-state index in [0.29, 0.717) is 5.69 Å². The van der Waals surface area contributed by atoms with E-state index in [1.165, 1.54) is 0 Å². The molecule has 3 aliphatic rings. The molecule has 130 valence electrons. The smallest absolute Gasteiger partial charge is 0.264 e. The molecule has 2 aliphatic heterocycles. The first kappa shape index (κ1) is 15.8. The molecule has 2 heterocycles. The van der Waals surface area contributed by atoms with Crippen molar-refractivity contribution in [2.75, 3.05) is 5.32 Å². The molecule has 4 amide bonds. The van der Waals surface area contributed by atoms with Gasteiger partial charge in [0.15, 0.2) is 0 Å². The number of carbonyl (C=O) groups is 4. The molecule has 8 nitrogen and oxygen atoms in total. The first-order valence-electron chi connectivity index (χ1n) is 8.32. The van der Waals surface area contributed by atoms with Crippen LogP contribution in [0.25, 0.3) is 0 Å². The fraction of sp³-hybridized carbons (Fsp3) is 0.412. The van der Waals surface area contributed by atoms with E-state index < -0.39 is 23.8 Å². The molecule has 4 rings (SSSR count). The molecule has 1 aromatic rings. The van der Waals surface area contributed by atoms with Gasteiger partial charge in [-0.15, -0.1) is 0 Å². The summed E-state index contributed by atoms with van der Waals surface area (Å²) in [6.45, 7) is 0. The minimum atomic E-state index is -0.949. The van der Waals surface area contributed by atoms with Crippen LogP contribution < -0.4 is 16.4 Å². The molecule has 25 heavy (non-hydrogen) atoms. The van der Waals surface area contributed by atoms with E-state index in [4.69, 9.17) is 5.73 Å². The van der Waals surface area contributed by atoms with Crippen LogP contribution in [-0.2, 0) is 9.59 Å². The van der Waals surface area contributed by atoms with Crippen LogP contribution in [0.1, 0.15) is 46.4 Å². The third kappa shape index (κ3) is 2.49. The van der Waals surface area contributed by atoms with E-state index in [1.54, 1.807) is 18.2 Å². The molecule has 1 aliphatic carbocycles. The quantitative estimate of drug-likeness (QED) is 0.664. The van der Waals surface area contributed by atoms with Crippen LogP contribution in [0.2, 0.25) is 0 Å². The summed E-state index contributed by atoms with van der Waals surface area (Å²) in [5.41, 5.74) is 6.95. The lowest BCUT2D eigenvalue weighted by molar-refractivity contribution is -0.136. The Bertz CT molecular complexity index is 800. The fourth-order valence-electron chi connectivity index (χ4n) is 3.63. The van der Waals surface area contributed by atoms with Crippen molar-refractivity contribution in [1.29, 1.82) is 0 Å². The van der Waals surface area contributed by atoms with Crippen molar-refractivity contribution in [2.45, 2.75) is 43.8 Å². The molecular formula is C17H18N4O4. The standard InChI is InChI=1S/C17H18N4O4/c18-8-6-9(7-8)19-11-3-1-2-10-14(11)17(25)21(16(10)24)12-4-5-13(22)20-15(12)23/h1-3,8-9,12,19H,4-7,18H2,(H,20,22,23). The Balaban J connectivity index is 1.63. The number of anilines is 1. The molecule has 0 radical (unpaired) electrons. The van der Waals surface area contributed by atoms with E-state index >= 15 is 0 Å². The zero-order chi connectivity index (χ0) is 17.7. The van der Waals surface area contributed by atoms with Crippen molar-refractivity contribution in [3.63, 3.8) is 0 Å². The largest absolute Gasteiger partial charge is 0.382 e. The number of hydrogen-bond donors (Lipinski definition) is 3.